The quantitative estimate of drug-likeness (QED) is 0.682. The average molecular weight is 477 g/mol. The first kappa shape index (κ1) is 22.4. The highest BCUT2D eigenvalue weighted by Crippen LogP contribution is 2.24. The molecule has 1 saturated heterocycles. The molecule has 32 heavy (non-hydrogen) atoms. The Balaban J connectivity index is 1.46. The summed E-state index contributed by atoms with van der Waals surface area (Å²) in [6, 6.07) is 12.5. The van der Waals surface area contributed by atoms with E-state index in [-0.39, 0.29) is 22.2 Å². The van der Waals surface area contributed by atoms with Crippen molar-refractivity contribution in [2.75, 3.05) is 25.0 Å². The number of rotatable bonds is 5. The van der Waals surface area contributed by atoms with Gasteiger partial charge < -0.3 is 5.32 Å². The Kier molecular flexibility index (Phi) is 6.31. The molecule has 1 fully saturated rings. The molecule has 0 radical (unpaired) electrons. The Morgan fingerprint density at radius 3 is 2.50 bits per heavy atom. The summed E-state index contributed by atoms with van der Waals surface area (Å²) in [5, 5.41) is 2.63. The Morgan fingerprint density at radius 2 is 1.75 bits per heavy atom. The number of amides is 1. The van der Waals surface area contributed by atoms with E-state index in [0.29, 0.717) is 24.3 Å². The third kappa shape index (κ3) is 4.69. The van der Waals surface area contributed by atoms with E-state index in [2.05, 4.69) is 15.0 Å². The molecule has 0 atom stereocenters. The lowest BCUT2D eigenvalue weighted by molar-refractivity contribution is -0.114. The van der Waals surface area contributed by atoms with E-state index in [9.17, 15) is 21.6 Å². The van der Waals surface area contributed by atoms with Crippen LogP contribution in [-0.2, 0) is 24.8 Å². The van der Waals surface area contributed by atoms with Gasteiger partial charge in [0, 0.05) is 24.3 Å². The standard InChI is InChI=1S/C21H24N4O5S2/c26-20(15-22-21-18-10-3-4-11-19(18)31(27,28)24-21)23-16-8-7-9-17(14-16)32(29,30)25-12-5-1-2-6-13-25/h3-4,7-11,14H,1-2,5-6,12-13,15H2,(H,22,24)(H,23,26). The maximum absolute atomic E-state index is 13.0. The van der Waals surface area contributed by atoms with Gasteiger partial charge in [-0.15, -0.1) is 0 Å². The second-order valence-corrected chi connectivity index (χ2v) is 11.2. The molecule has 4 rings (SSSR count). The topological polar surface area (TPSA) is 125 Å². The number of benzene rings is 2. The SMILES string of the molecule is O=C(CN=C1NS(=O)(=O)c2ccccc21)Nc1cccc(S(=O)(=O)N2CCCCCC2)c1. The predicted octanol–water partition coefficient (Wildman–Crippen LogP) is 1.93. The lowest BCUT2D eigenvalue weighted by Crippen LogP contribution is -2.32. The summed E-state index contributed by atoms with van der Waals surface area (Å²) >= 11 is 0. The monoisotopic (exact) mass is 476 g/mol. The largest absolute Gasteiger partial charge is 0.324 e. The van der Waals surface area contributed by atoms with Crippen molar-refractivity contribution in [3.63, 3.8) is 0 Å². The molecule has 2 N–H and O–H groups in total. The minimum absolute atomic E-state index is 0.105. The first-order valence-electron chi connectivity index (χ1n) is 10.3. The van der Waals surface area contributed by atoms with Gasteiger partial charge in [-0.3, -0.25) is 14.5 Å². The van der Waals surface area contributed by atoms with Crippen LogP contribution in [0.25, 0.3) is 0 Å². The summed E-state index contributed by atoms with van der Waals surface area (Å²) in [6.45, 7) is 0.664. The molecule has 0 bridgehead atoms. The van der Waals surface area contributed by atoms with E-state index < -0.39 is 26.0 Å². The number of amidine groups is 1. The zero-order chi connectivity index (χ0) is 22.8. The number of nitrogens with zero attached hydrogens (tertiary/aromatic N) is 2. The number of anilines is 1. The van der Waals surface area contributed by atoms with Crippen LogP contribution in [0.1, 0.15) is 31.2 Å². The summed E-state index contributed by atoms with van der Waals surface area (Å²) in [7, 11) is -7.32. The number of hydrogen-bond acceptors (Lipinski definition) is 6. The Morgan fingerprint density at radius 1 is 1.03 bits per heavy atom. The zero-order valence-corrected chi connectivity index (χ0v) is 19.0. The fraction of sp³-hybridized carbons (Fsp3) is 0.333. The molecule has 11 heteroatoms. The second kappa shape index (κ2) is 9.00. The van der Waals surface area contributed by atoms with Gasteiger partial charge in [-0.2, -0.15) is 4.31 Å². The number of nitrogens with one attached hydrogen (secondary N) is 2. The molecule has 0 unspecified atom stereocenters. The highest BCUT2D eigenvalue weighted by Gasteiger charge is 2.30. The first-order valence-corrected chi connectivity index (χ1v) is 13.3. The third-order valence-electron chi connectivity index (χ3n) is 5.36. The van der Waals surface area contributed by atoms with Crippen molar-refractivity contribution in [3.8, 4) is 0 Å². The summed E-state index contributed by atoms with van der Waals surface area (Å²) < 4.78 is 54.1. The number of aliphatic imine (C=N–C) groups is 1. The van der Waals surface area contributed by atoms with Crippen molar-refractivity contribution < 1.29 is 21.6 Å². The molecule has 2 heterocycles. The van der Waals surface area contributed by atoms with E-state index >= 15 is 0 Å². The lowest BCUT2D eigenvalue weighted by atomic mass is 10.2. The van der Waals surface area contributed by atoms with Crippen molar-refractivity contribution in [1.29, 1.82) is 0 Å². The maximum Gasteiger partial charge on any atom is 0.263 e. The molecule has 1 amide bonds. The van der Waals surface area contributed by atoms with Gasteiger partial charge in [0.15, 0.2) is 0 Å². The van der Waals surface area contributed by atoms with Crippen LogP contribution in [0.4, 0.5) is 5.69 Å². The number of carbonyl (C=O) groups is 1. The second-order valence-electron chi connectivity index (χ2n) is 7.66. The minimum Gasteiger partial charge on any atom is -0.324 e. The molecule has 9 nitrogen and oxygen atoms in total. The highest BCUT2D eigenvalue weighted by atomic mass is 32.2. The molecular weight excluding hydrogens is 452 g/mol. The van der Waals surface area contributed by atoms with Gasteiger partial charge in [-0.25, -0.2) is 16.8 Å². The third-order valence-corrected chi connectivity index (χ3v) is 8.66. The van der Waals surface area contributed by atoms with Gasteiger partial charge in [-0.05, 0) is 43.2 Å². The number of carbonyl (C=O) groups excluding carboxylic acids is 1. The maximum atomic E-state index is 13.0. The summed E-state index contributed by atoms with van der Waals surface area (Å²) in [4.78, 5) is 16.7. The van der Waals surface area contributed by atoms with E-state index in [1.807, 2.05) is 0 Å². The van der Waals surface area contributed by atoms with Gasteiger partial charge in [-0.1, -0.05) is 31.0 Å². The lowest BCUT2D eigenvalue weighted by Gasteiger charge is -2.20. The Bertz CT molecular complexity index is 1260. The van der Waals surface area contributed by atoms with Gasteiger partial charge in [0.05, 0.1) is 9.79 Å². The molecular formula is C21H24N4O5S2. The molecule has 0 aromatic heterocycles. The van der Waals surface area contributed by atoms with Crippen molar-refractivity contribution in [3.05, 3.63) is 54.1 Å². The normalized spacial score (nSPS) is 19.7. The molecule has 170 valence electrons. The average Bonchev–Trinajstić information content (AvgIpc) is 2.94. The predicted molar refractivity (Wildman–Crippen MR) is 120 cm³/mol. The van der Waals surface area contributed by atoms with Crippen LogP contribution in [0, 0.1) is 0 Å². The zero-order valence-electron chi connectivity index (χ0n) is 17.3. The fourth-order valence-corrected chi connectivity index (χ4v) is 6.58. The summed E-state index contributed by atoms with van der Waals surface area (Å²) in [5.41, 5.74) is 0.740. The van der Waals surface area contributed by atoms with Crippen molar-refractivity contribution in [1.82, 2.24) is 9.03 Å². The van der Waals surface area contributed by atoms with Gasteiger partial charge in [0.25, 0.3) is 10.0 Å². The Hall–Kier alpha value is -2.76. The molecule has 0 saturated carbocycles. The molecule has 2 aliphatic rings. The van der Waals surface area contributed by atoms with Crippen LogP contribution in [0.15, 0.2) is 63.3 Å². The van der Waals surface area contributed by atoms with Crippen LogP contribution in [-0.4, -0.2) is 52.5 Å². The van der Waals surface area contributed by atoms with E-state index in [4.69, 9.17) is 0 Å². The van der Waals surface area contributed by atoms with Crippen LogP contribution in [0.2, 0.25) is 0 Å². The van der Waals surface area contributed by atoms with Crippen molar-refractivity contribution in [2.45, 2.75) is 35.5 Å². The smallest absolute Gasteiger partial charge is 0.263 e. The number of fused-ring (bicyclic) bond motifs is 1. The molecule has 0 spiro atoms. The highest BCUT2D eigenvalue weighted by molar-refractivity contribution is 7.90. The number of hydrogen-bond donors (Lipinski definition) is 2. The van der Waals surface area contributed by atoms with Crippen LogP contribution in [0.5, 0.6) is 0 Å². The van der Waals surface area contributed by atoms with Crippen molar-refractivity contribution in [2.24, 2.45) is 4.99 Å². The Labute approximate surface area is 187 Å². The minimum atomic E-state index is -3.68. The van der Waals surface area contributed by atoms with E-state index in [0.717, 1.165) is 25.7 Å². The first-order chi connectivity index (χ1) is 15.3. The van der Waals surface area contributed by atoms with Crippen molar-refractivity contribution >= 4 is 37.5 Å². The van der Waals surface area contributed by atoms with Gasteiger partial charge in [0.2, 0.25) is 15.9 Å². The fourth-order valence-electron chi connectivity index (χ4n) is 3.77. The molecule has 2 aromatic rings. The number of sulfonamides is 2. The summed E-state index contributed by atoms with van der Waals surface area (Å²) in [5.74, 6) is -0.390. The summed E-state index contributed by atoms with van der Waals surface area (Å²) in [6.07, 6.45) is 3.71. The van der Waals surface area contributed by atoms with E-state index in [1.165, 1.54) is 22.5 Å². The van der Waals surface area contributed by atoms with Gasteiger partial charge >= 0.3 is 0 Å². The van der Waals surface area contributed by atoms with Crippen LogP contribution in [0.3, 0.4) is 0 Å². The van der Waals surface area contributed by atoms with Crippen LogP contribution < -0.4 is 10.0 Å². The molecule has 0 aliphatic carbocycles. The van der Waals surface area contributed by atoms with E-state index in [1.54, 1.807) is 30.3 Å². The molecule has 2 aromatic carbocycles. The van der Waals surface area contributed by atoms with Crippen LogP contribution >= 0.6 is 0 Å². The van der Waals surface area contributed by atoms with Gasteiger partial charge in [0.1, 0.15) is 12.4 Å². The molecule has 2 aliphatic heterocycles.